The monoisotopic (exact) mass is 365 g/mol. The Bertz CT molecular complexity index is 749. The highest BCUT2D eigenvalue weighted by Crippen LogP contribution is 2.21. The molecule has 27 heavy (non-hydrogen) atoms. The Labute approximate surface area is 160 Å². The van der Waals surface area contributed by atoms with Crippen LogP contribution in [-0.2, 0) is 17.8 Å². The highest BCUT2D eigenvalue weighted by Gasteiger charge is 2.43. The zero-order valence-corrected chi connectivity index (χ0v) is 15.7. The largest absolute Gasteiger partial charge is 0.354 e. The van der Waals surface area contributed by atoms with Crippen LogP contribution in [0.15, 0.2) is 60.7 Å². The van der Waals surface area contributed by atoms with E-state index in [0.717, 1.165) is 24.0 Å². The molecule has 142 valence electrons. The molecule has 5 heteroatoms. The van der Waals surface area contributed by atoms with Gasteiger partial charge in [-0.2, -0.15) is 0 Å². The molecule has 0 aliphatic carbocycles. The van der Waals surface area contributed by atoms with Gasteiger partial charge in [0, 0.05) is 13.1 Å². The molecule has 3 rings (SSSR count). The van der Waals surface area contributed by atoms with Gasteiger partial charge in [-0.05, 0) is 24.0 Å². The Balaban J connectivity index is 1.79. The van der Waals surface area contributed by atoms with Gasteiger partial charge in [-0.25, -0.2) is 4.79 Å². The fourth-order valence-corrected chi connectivity index (χ4v) is 3.46. The standard InChI is InChI=1S/C22H27N3O2/c1-2-3-14-23-21(26)20-19(15-17-10-6-4-7-11-17)24-22(27)25(20)16-18-12-8-5-9-13-18/h4-13,19-20H,2-3,14-16H2,1H3,(H,23,26)(H,24,27). The lowest BCUT2D eigenvalue weighted by atomic mass is 9.99. The average Bonchev–Trinajstić information content (AvgIpc) is 2.98. The van der Waals surface area contributed by atoms with E-state index in [1.807, 2.05) is 60.7 Å². The number of unbranched alkanes of at least 4 members (excludes halogenated alkanes) is 1. The Kier molecular flexibility index (Phi) is 6.47. The summed E-state index contributed by atoms with van der Waals surface area (Å²) in [6.45, 7) is 3.15. The van der Waals surface area contributed by atoms with Gasteiger partial charge in [0.2, 0.25) is 5.91 Å². The van der Waals surface area contributed by atoms with Crippen molar-refractivity contribution >= 4 is 11.9 Å². The summed E-state index contributed by atoms with van der Waals surface area (Å²) in [5.74, 6) is -0.0846. The van der Waals surface area contributed by atoms with Gasteiger partial charge >= 0.3 is 6.03 Å². The molecule has 2 atom stereocenters. The number of hydrogen-bond donors (Lipinski definition) is 2. The van der Waals surface area contributed by atoms with Crippen LogP contribution < -0.4 is 10.6 Å². The molecule has 0 saturated carbocycles. The minimum atomic E-state index is -0.519. The zero-order valence-electron chi connectivity index (χ0n) is 15.7. The van der Waals surface area contributed by atoms with Gasteiger partial charge in [0.15, 0.2) is 0 Å². The molecule has 3 amide bonds. The number of carbonyl (C=O) groups is 2. The summed E-state index contributed by atoms with van der Waals surface area (Å²) >= 11 is 0. The molecule has 5 nitrogen and oxygen atoms in total. The first-order chi connectivity index (χ1) is 13.2. The van der Waals surface area contributed by atoms with E-state index in [0.29, 0.717) is 19.5 Å². The summed E-state index contributed by atoms with van der Waals surface area (Å²) in [6.07, 6.45) is 2.58. The first kappa shape index (κ1) is 19.0. The Hall–Kier alpha value is -2.82. The summed E-state index contributed by atoms with van der Waals surface area (Å²) < 4.78 is 0. The van der Waals surface area contributed by atoms with Crippen LogP contribution in [0.25, 0.3) is 0 Å². The summed E-state index contributed by atoms with van der Waals surface area (Å²) in [5, 5.41) is 6.03. The van der Waals surface area contributed by atoms with E-state index in [2.05, 4.69) is 17.6 Å². The molecule has 0 bridgehead atoms. The first-order valence-electron chi connectivity index (χ1n) is 9.61. The van der Waals surface area contributed by atoms with Crippen LogP contribution in [0.4, 0.5) is 4.79 Å². The maximum absolute atomic E-state index is 12.9. The van der Waals surface area contributed by atoms with Crippen LogP contribution in [0.3, 0.4) is 0 Å². The topological polar surface area (TPSA) is 61.4 Å². The van der Waals surface area contributed by atoms with Gasteiger partial charge in [-0.15, -0.1) is 0 Å². The van der Waals surface area contributed by atoms with Crippen molar-refractivity contribution in [3.05, 3.63) is 71.8 Å². The number of rotatable bonds is 8. The van der Waals surface area contributed by atoms with E-state index in [1.165, 1.54) is 0 Å². The SMILES string of the molecule is CCCCNC(=O)C1C(Cc2ccccc2)NC(=O)N1Cc1ccccc1. The van der Waals surface area contributed by atoms with E-state index in [-0.39, 0.29) is 18.0 Å². The first-order valence-corrected chi connectivity index (χ1v) is 9.61. The number of nitrogens with zero attached hydrogens (tertiary/aromatic N) is 1. The van der Waals surface area contributed by atoms with E-state index in [9.17, 15) is 9.59 Å². The van der Waals surface area contributed by atoms with E-state index < -0.39 is 6.04 Å². The molecule has 0 spiro atoms. The third-order valence-electron chi connectivity index (χ3n) is 4.88. The Morgan fingerprint density at radius 3 is 2.30 bits per heavy atom. The van der Waals surface area contributed by atoms with Crippen molar-refractivity contribution in [3.63, 3.8) is 0 Å². The molecule has 0 radical (unpaired) electrons. The van der Waals surface area contributed by atoms with Crippen molar-refractivity contribution in [2.24, 2.45) is 0 Å². The Morgan fingerprint density at radius 1 is 1.04 bits per heavy atom. The highest BCUT2D eigenvalue weighted by atomic mass is 16.2. The molecule has 2 N–H and O–H groups in total. The second-order valence-electron chi connectivity index (χ2n) is 6.95. The summed E-state index contributed by atoms with van der Waals surface area (Å²) in [7, 11) is 0. The second kappa shape index (κ2) is 9.21. The molecule has 1 saturated heterocycles. The molecule has 2 unspecified atom stereocenters. The van der Waals surface area contributed by atoms with E-state index >= 15 is 0 Å². The number of urea groups is 1. The van der Waals surface area contributed by atoms with Crippen molar-refractivity contribution in [2.75, 3.05) is 6.54 Å². The lowest BCUT2D eigenvalue weighted by Gasteiger charge is -2.26. The number of amides is 3. The molecule has 1 aliphatic heterocycles. The fourth-order valence-electron chi connectivity index (χ4n) is 3.46. The van der Waals surface area contributed by atoms with Crippen LogP contribution in [0.5, 0.6) is 0 Å². The minimum Gasteiger partial charge on any atom is -0.354 e. The molecule has 2 aromatic rings. The summed E-state index contributed by atoms with van der Waals surface area (Å²) in [6, 6.07) is 18.8. The normalized spacial score (nSPS) is 19.0. The summed E-state index contributed by atoms with van der Waals surface area (Å²) in [5.41, 5.74) is 2.12. The van der Waals surface area contributed by atoms with Gasteiger partial charge in [0.05, 0.1) is 6.04 Å². The van der Waals surface area contributed by atoms with Crippen molar-refractivity contribution in [2.45, 2.75) is 44.8 Å². The maximum atomic E-state index is 12.9. The number of hydrogen-bond acceptors (Lipinski definition) is 2. The molecular weight excluding hydrogens is 338 g/mol. The van der Waals surface area contributed by atoms with Crippen LogP contribution in [0, 0.1) is 0 Å². The minimum absolute atomic E-state index is 0.0846. The summed E-state index contributed by atoms with van der Waals surface area (Å²) in [4.78, 5) is 27.2. The molecule has 1 fully saturated rings. The second-order valence-corrected chi connectivity index (χ2v) is 6.95. The molecule has 2 aromatic carbocycles. The Morgan fingerprint density at radius 2 is 1.67 bits per heavy atom. The van der Waals surface area contributed by atoms with Crippen molar-refractivity contribution in [1.82, 2.24) is 15.5 Å². The number of carbonyl (C=O) groups excluding carboxylic acids is 2. The molecular formula is C22H27N3O2. The van der Waals surface area contributed by atoms with Crippen LogP contribution in [-0.4, -0.2) is 35.5 Å². The predicted molar refractivity (Wildman–Crippen MR) is 106 cm³/mol. The van der Waals surface area contributed by atoms with Crippen molar-refractivity contribution in [1.29, 1.82) is 0 Å². The number of benzene rings is 2. The average molecular weight is 365 g/mol. The third kappa shape index (κ3) is 4.88. The van der Waals surface area contributed by atoms with Crippen LogP contribution in [0.1, 0.15) is 30.9 Å². The highest BCUT2D eigenvalue weighted by molar-refractivity contribution is 5.91. The fraction of sp³-hybridized carbons (Fsp3) is 0.364. The van der Waals surface area contributed by atoms with Crippen LogP contribution in [0.2, 0.25) is 0 Å². The van der Waals surface area contributed by atoms with E-state index in [1.54, 1.807) is 4.90 Å². The lowest BCUT2D eigenvalue weighted by molar-refractivity contribution is -0.125. The van der Waals surface area contributed by atoms with Gasteiger partial charge in [-0.1, -0.05) is 74.0 Å². The van der Waals surface area contributed by atoms with Gasteiger partial charge in [0.25, 0.3) is 0 Å². The van der Waals surface area contributed by atoms with Crippen molar-refractivity contribution in [3.8, 4) is 0 Å². The lowest BCUT2D eigenvalue weighted by Crippen LogP contribution is -2.49. The van der Waals surface area contributed by atoms with Gasteiger partial charge in [-0.3, -0.25) is 4.79 Å². The predicted octanol–water partition coefficient (Wildman–Crippen LogP) is 3.11. The van der Waals surface area contributed by atoms with Crippen molar-refractivity contribution < 1.29 is 9.59 Å². The molecule has 0 aromatic heterocycles. The molecule has 1 aliphatic rings. The smallest absolute Gasteiger partial charge is 0.318 e. The number of nitrogens with one attached hydrogen (secondary N) is 2. The third-order valence-corrected chi connectivity index (χ3v) is 4.88. The van der Waals surface area contributed by atoms with Crippen LogP contribution >= 0.6 is 0 Å². The zero-order chi connectivity index (χ0) is 19.1. The van der Waals surface area contributed by atoms with Gasteiger partial charge in [0.1, 0.15) is 6.04 Å². The quantitative estimate of drug-likeness (QED) is 0.706. The van der Waals surface area contributed by atoms with E-state index in [4.69, 9.17) is 0 Å². The molecule has 1 heterocycles. The maximum Gasteiger partial charge on any atom is 0.318 e. The van der Waals surface area contributed by atoms with Gasteiger partial charge < -0.3 is 15.5 Å².